The van der Waals surface area contributed by atoms with Gasteiger partial charge in [-0.15, -0.1) is 0 Å². The quantitative estimate of drug-likeness (QED) is 0.460. The molecule has 0 unspecified atom stereocenters. The van der Waals surface area contributed by atoms with Crippen molar-refractivity contribution in [2.24, 2.45) is 0 Å². The molecule has 0 aliphatic carbocycles. The van der Waals surface area contributed by atoms with Crippen molar-refractivity contribution in [1.29, 1.82) is 0 Å². The highest BCUT2D eigenvalue weighted by Gasteiger charge is 2.36. The number of anilines is 1. The van der Waals surface area contributed by atoms with Crippen LogP contribution < -0.4 is 4.90 Å². The predicted octanol–water partition coefficient (Wildman–Crippen LogP) is 4.57. The van der Waals surface area contributed by atoms with Crippen molar-refractivity contribution in [1.82, 2.24) is 18.8 Å². The molecule has 1 aliphatic rings. The monoisotopic (exact) mass is 563 g/mol. The van der Waals surface area contributed by atoms with E-state index in [4.69, 9.17) is 4.74 Å². The molecule has 1 aromatic carbocycles. The molecule has 1 aliphatic heterocycles. The Bertz CT molecular complexity index is 1370. The second-order valence-corrected chi connectivity index (χ2v) is 12.6. The number of benzene rings is 1. The smallest absolute Gasteiger partial charge is 0.410 e. The van der Waals surface area contributed by atoms with E-state index in [1.165, 1.54) is 16.5 Å². The Morgan fingerprint density at radius 2 is 1.74 bits per heavy atom. The van der Waals surface area contributed by atoms with Gasteiger partial charge >= 0.3 is 6.09 Å². The van der Waals surface area contributed by atoms with E-state index >= 15 is 0 Å². The molecule has 1 fully saturated rings. The normalized spacial score (nSPS) is 19.3. The summed E-state index contributed by atoms with van der Waals surface area (Å²) in [7, 11) is -3.86. The number of hydrogen-bond acceptors (Lipinski definition) is 7. The van der Waals surface area contributed by atoms with E-state index in [9.17, 15) is 13.2 Å². The lowest BCUT2D eigenvalue weighted by atomic mass is 10.1. The number of fused-ring (bicyclic) bond motifs is 1. The third-order valence-corrected chi connectivity index (χ3v) is 8.21. The van der Waals surface area contributed by atoms with Crippen molar-refractivity contribution in [2.45, 2.75) is 64.1 Å². The molecular formula is C24H30BrN5O4S. The zero-order valence-electron chi connectivity index (χ0n) is 20.7. The molecule has 1 saturated heterocycles. The molecule has 188 valence electrons. The summed E-state index contributed by atoms with van der Waals surface area (Å²) in [6.45, 7) is 12.4. The molecular weight excluding hydrogens is 534 g/mol. The standard InChI is InChI=1S/C24H30BrN5O4S/c1-15-7-9-18(10-8-15)35(32,33)30-13-19(25)20-21(26-14-27-22(20)30)28-11-17(3)29(12-16(28)2)23(31)34-24(4,5)6/h7-10,13-14,16-17H,11-12H2,1-6H3/t16-,17+/m0/s1. The van der Waals surface area contributed by atoms with E-state index in [1.54, 1.807) is 29.2 Å². The highest BCUT2D eigenvalue weighted by atomic mass is 79.9. The lowest BCUT2D eigenvalue weighted by Gasteiger charge is -2.44. The average molecular weight is 565 g/mol. The minimum Gasteiger partial charge on any atom is -0.444 e. The molecule has 3 aromatic rings. The zero-order chi connectivity index (χ0) is 25.7. The van der Waals surface area contributed by atoms with Gasteiger partial charge in [0.2, 0.25) is 0 Å². The fraction of sp³-hybridized carbons (Fsp3) is 0.458. The fourth-order valence-electron chi connectivity index (χ4n) is 4.20. The summed E-state index contributed by atoms with van der Waals surface area (Å²) in [5.41, 5.74) is 0.685. The number of hydrogen-bond donors (Lipinski definition) is 0. The van der Waals surface area contributed by atoms with Crippen LogP contribution in [0.2, 0.25) is 0 Å². The van der Waals surface area contributed by atoms with Crippen LogP contribution in [0.15, 0.2) is 46.2 Å². The van der Waals surface area contributed by atoms with E-state index in [0.717, 1.165) is 5.56 Å². The summed E-state index contributed by atoms with van der Waals surface area (Å²) in [6.07, 6.45) is 2.55. The van der Waals surface area contributed by atoms with Crippen molar-refractivity contribution in [3.05, 3.63) is 46.8 Å². The molecule has 0 N–H and O–H groups in total. The predicted molar refractivity (Wildman–Crippen MR) is 138 cm³/mol. The maximum atomic E-state index is 13.4. The second kappa shape index (κ2) is 9.09. The molecule has 0 radical (unpaired) electrons. The van der Waals surface area contributed by atoms with Gasteiger partial charge in [-0.25, -0.2) is 27.2 Å². The molecule has 11 heteroatoms. The number of carbonyl (C=O) groups excluding carboxylic acids is 1. The van der Waals surface area contributed by atoms with Crippen molar-refractivity contribution in [3.63, 3.8) is 0 Å². The first-order valence-corrected chi connectivity index (χ1v) is 13.6. The lowest BCUT2D eigenvalue weighted by Crippen LogP contribution is -2.59. The van der Waals surface area contributed by atoms with Gasteiger partial charge in [-0.2, -0.15) is 0 Å². The SMILES string of the molecule is Cc1ccc(S(=O)(=O)n2cc(Br)c3c(N4C[C@@H](C)N(C(=O)OC(C)(C)C)C[C@@H]4C)ncnc32)cc1. The maximum absolute atomic E-state index is 13.4. The highest BCUT2D eigenvalue weighted by Crippen LogP contribution is 2.36. The average Bonchev–Trinajstić information content (AvgIpc) is 3.12. The Hall–Kier alpha value is -2.66. The maximum Gasteiger partial charge on any atom is 0.410 e. The lowest BCUT2D eigenvalue weighted by molar-refractivity contribution is 0.0130. The van der Waals surface area contributed by atoms with E-state index in [-0.39, 0.29) is 28.7 Å². The van der Waals surface area contributed by atoms with Crippen LogP contribution in [0.5, 0.6) is 0 Å². The van der Waals surface area contributed by atoms with E-state index in [2.05, 4.69) is 30.8 Å². The van der Waals surface area contributed by atoms with Gasteiger partial charge in [0.1, 0.15) is 17.7 Å². The van der Waals surface area contributed by atoms with Crippen LogP contribution >= 0.6 is 15.9 Å². The van der Waals surface area contributed by atoms with E-state index in [1.807, 2.05) is 41.5 Å². The largest absolute Gasteiger partial charge is 0.444 e. The van der Waals surface area contributed by atoms with Gasteiger partial charge in [-0.3, -0.25) is 0 Å². The summed E-state index contributed by atoms with van der Waals surface area (Å²) >= 11 is 3.54. The summed E-state index contributed by atoms with van der Waals surface area (Å²) in [5.74, 6) is 0.614. The van der Waals surface area contributed by atoms with Gasteiger partial charge in [0.05, 0.1) is 10.3 Å². The van der Waals surface area contributed by atoms with Crippen molar-refractivity contribution >= 4 is 48.9 Å². The third-order valence-electron chi connectivity index (χ3n) is 5.95. The van der Waals surface area contributed by atoms with Gasteiger partial charge in [0.15, 0.2) is 5.65 Å². The van der Waals surface area contributed by atoms with Gasteiger partial charge in [-0.1, -0.05) is 17.7 Å². The first kappa shape index (κ1) is 25.4. The van der Waals surface area contributed by atoms with Crippen LogP contribution in [0.3, 0.4) is 0 Å². The first-order valence-electron chi connectivity index (χ1n) is 11.4. The summed E-state index contributed by atoms with van der Waals surface area (Å²) in [4.78, 5) is 25.6. The molecule has 35 heavy (non-hydrogen) atoms. The molecule has 2 aromatic heterocycles. The number of aryl methyl sites for hydroxylation is 1. The third kappa shape index (κ3) is 4.88. The molecule has 2 atom stereocenters. The number of rotatable bonds is 3. The van der Waals surface area contributed by atoms with Crippen LogP contribution in [0.4, 0.5) is 10.6 Å². The number of piperazine rings is 1. The minimum atomic E-state index is -3.86. The Morgan fingerprint density at radius 3 is 2.37 bits per heavy atom. The Morgan fingerprint density at radius 1 is 1.09 bits per heavy atom. The second-order valence-electron chi connectivity index (χ2n) is 9.97. The number of ether oxygens (including phenoxy) is 1. The van der Waals surface area contributed by atoms with Gasteiger partial charge < -0.3 is 14.5 Å². The number of nitrogens with zero attached hydrogens (tertiary/aromatic N) is 5. The number of amides is 1. The van der Waals surface area contributed by atoms with Gasteiger partial charge in [0.25, 0.3) is 10.0 Å². The molecule has 0 saturated carbocycles. The highest BCUT2D eigenvalue weighted by molar-refractivity contribution is 9.10. The number of aromatic nitrogens is 3. The van der Waals surface area contributed by atoms with E-state index in [0.29, 0.717) is 28.8 Å². The van der Waals surface area contributed by atoms with Crippen molar-refractivity contribution in [2.75, 3.05) is 18.0 Å². The molecule has 1 amide bonds. The Kier molecular flexibility index (Phi) is 6.60. The number of carbonyl (C=O) groups is 1. The van der Waals surface area contributed by atoms with E-state index < -0.39 is 15.6 Å². The van der Waals surface area contributed by atoms with Gasteiger partial charge in [-0.05, 0) is 69.6 Å². The molecule has 0 spiro atoms. The molecule has 0 bridgehead atoms. The summed E-state index contributed by atoms with van der Waals surface area (Å²) < 4.78 is 34.2. The molecule has 9 nitrogen and oxygen atoms in total. The Labute approximate surface area is 214 Å². The first-order chi connectivity index (χ1) is 16.3. The molecule has 3 heterocycles. The number of halogens is 1. The van der Waals surface area contributed by atoms with Crippen LogP contribution in [0.1, 0.15) is 40.2 Å². The Balaban J connectivity index is 1.71. The zero-order valence-corrected chi connectivity index (χ0v) is 23.1. The van der Waals surface area contributed by atoms with Crippen LogP contribution in [-0.4, -0.2) is 64.1 Å². The summed E-state index contributed by atoms with van der Waals surface area (Å²) in [5, 5.41) is 0.605. The topological polar surface area (TPSA) is 97.6 Å². The van der Waals surface area contributed by atoms with Gasteiger partial charge in [0, 0.05) is 35.8 Å². The van der Waals surface area contributed by atoms with Crippen LogP contribution in [-0.2, 0) is 14.8 Å². The van der Waals surface area contributed by atoms with Crippen LogP contribution in [0.25, 0.3) is 11.0 Å². The van der Waals surface area contributed by atoms with Crippen molar-refractivity contribution in [3.8, 4) is 0 Å². The minimum absolute atomic E-state index is 0.0826. The van der Waals surface area contributed by atoms with Crippen LogP contribution in [0, 0.1) is 6.92 Å². The fourth-order valence-corrected chi connectivity index (χ4v) is 6.21. The van der Waals surface area contributed by atoms with Crippen molar-refractivity contribution < 1.29 is 17.9 Å². The summed E-state index contributed by atoms with van der Waals surface area (Å²) in [6, 6.07) is 6.49. The molecule has 4 rings (SSSR count).